The fraction of sp³-hybridized carbons (Fsp3) is 0. The van der Waals surface area contributed by atoms with Crippen molar-refractivity contribution in [2.45, 2.75) is 0 Å². The molecule has 0 heteroatoms. The Morgan fingerprint density at radius 1 is 0.185 bits per heavy atom. The average Bonchev–Trinajstić information content (AvgIpc) is 3.25. The maximum atomic E-state index is 2.47. The van der Waals surface area contributed by atoms with E-state index >= 15 is 0 Å². The van der Waals surface area contributed by atoms with Crippen LogP contribution in [-0.4, -0.2) is 0 Å². The van der Waals surface area contributed by atoms with Gasteiger partial charge in [-0.05, 0) is 143 Å². The van der Waals surface area contributed by atoms with E-state index in [1.54, 1.807) is 0 Å². The van der Waals surface area contributed by atoms with Crippen molar-refractivity contribution in [1.82, 2.24) is 0 Å². The molecule has 12 aromatic carbocycles. The number of benzene rings is 12. The predicted molar refractivity (Wildman–Crippen MR) is 235 cm³/mol. The molecular formula is C54H32. The fourth-order valence-electron chi connectivity index (χ4n) is 9.59. The van der Waals surface area contributed by atoms with Crippen molar-refractivity contribution in [2.24, 2.45) is 0 Å². The Hall–Kier alpha value is -7.02. The minimum Gasteiger partial charge on any atom is -0.0616 e. The fourth-order valence-corrected chi connectivity index (χ4v) is 9.59. The maximum absolute atomic E-state index is 2.47. The summed E-state index contributed by atoms with van der Waals surface area (Å²) in [5.74, 6) is 0. The summed E-state index contributed by atoms with van der Waals surface area (Å²) in [6.45, 7) is 0. The lowest BCUT2D eigenvalue weighted by molar-refractivity contribution is 1.71. The van der Waals surface area contributed by atoms with Crippen LogP contribution in [0.25, 0.3) is 119 Å². The van der Waals surface area contributed by atoms with E-state index in [0.717, 1.165) is 0 Å². The van der Waals surface area contributed by atoms with Gasteiger partial charge in [-0.1, -0.05) is 170 Å². The summed E-state index contributed by atoms with van der Waals surface area (Å²) in [5.41, 5.74) is 5.01. The van der Waals surface area contributed by atoms with Crippen molar-refractivity contribution in [3.8, 4) is 22.3 Å². The van der Waals surface area contributed by atoms with Crippen LogP contribution in [0.15, 0.2) is 194 Å². The highest BCUT2D eigenvalue weighted by molar-refractivity contribution is 6.40. The highest BCUT2D eigenvalue weighted by Gasteiger charge is 2.19. The molecule has 0 heterocycles. The second-order valence-electron chi connectivity index (χ2n) is 14.7. The standard InChI is InChI=1S/C54H32/c1-3-15-37-33(13-1)29-49(43-21-7-5-17-39(37)43)35-25-27-45-41-19-9-12-24-48(41)54-52-32-36(26-28-46(52)42-20-10-11-23-47(42)53(54)51(45)31-35)50-30-34-14-2-4-16-38(34)40-18-6-8-22-44(40)50/h1-32H. The van der Waals surface area contributed by atoms with E-state index in [2.05, 4.69) is 194 Å². The topological polar surface area (TPSA) is 0 Å². The molecule has 0 spiro atoms. The first kappa shape index (κ1) is 29.5. The summed E-state index contributed by atoms with van der Waals surface area (Å²) in [4.78, 5) is 0. The summed E-state index contributed by atoms with van der Waals surface area (Å²) in [6.07, 6.45) is 0. The Labute approximate surface area is 312 Å². The molecule has 0 saturated carbocycles. The van der Waals surface area contributed by atoms with Crippen LogP contribution < -0.4 is 0 Å². The molecule has 0 aliphatic rings. The van der Waals surface area contributed by atoms with Gasteiger partial charge in [0.1, 0.15) is 0 Å². The van der Waals surface area contributed by atoms with Gasteiger partial charge in [-0.15, -0.1) is 0 Å². The van der Waals surface area contributed by atoms with Crippen molar-refractivity contribution >= 4 is 97.0 Å². The van der Waals surface area contributed by atoms with Gasteiger partial charge in [0.05, 0.1) is 0 Å². The Morgan fingerprint density at radius 2 is 0.481 bits per heavy atom. The number of rotatable bonds is 2. The molecule has 12 aromatic rings. The lowest BCUT2D eigenvalue weighted by Gasteiger charge is -2.19. The molecule has 0 aromatic heterocycles. The molecule has 0 atom stereocenters. The van der Waals surface area contributed by atoms with Gasteiger partial charge in [0, 0.05) is 0 Å². The van der Waals surface area contributed by atoms with E-state index in [0.29, 0.717) is 0 Å². The molecule has 0 fully saturated rings. The molecule has 0 radical (unpaired) electrons. The molecule has 0 amide bonds. The van der Waals surface area contributed by atoms with Crippen LogP contribution in [0.3, 0.4) is 0 Å². The molecule has 0 unspecified atom stereocenters. The molecule has 0 aliphatic carbocycles. The van der Waals surface area contributed by atoms with Crippen molar-refractivity contribution in [2.75, 3.05) is 0 Å². The molecule has 0 N–H and O–H groups in total. The molecule has 248 valence electrons. The molecule has 12 rings (SSSR count). The monoisotopic (exact) mass is 680 g/mol. The van der Waals surface area contributed by atoms with E-state index in [1.165, 1.54) is 119 Å². The third kappa shape index (κ3) is 4.14. The van der Waals surface area contributed by atoms with Crippen LogP contribution in [0.5, 0.6) is 0 Å². The average molecular weight is 681 g/mol. The summed E-state index contributed by atoms with van der Waals surface area (Å²) >= 11 is 0. The highest BCUT2D eigenvalue weighted by Crippen LogP contribution is 2.47. The van der Waals surface area contributed by atoms with Gasteiger partial charge in [-0.25, -0.2) is 0 Å². The SMILES string of the molecule is c1ccc2c(c1)cc(-c1ccc3c4ccccc4c4c5cc(-c6cc7ccccc7c7ccccc67)ccc5c5ccccc5c4c3c1)c1ccccc12. The van der Waals surface area contributed by atoms with Crippen molar-refractivity contribution in [3.05, 3.63) is 194 Å². The number of hydrogen-bond donors (Lipinski definition) is 0. The van der Waals surface area contributed by atoms with Gasteiger partial charge in [0.25, 0.3) is 0 Å². The second kappa shape index (κ2) is 11.2. The summed E-state index contributed by atoms with van der Waals surface area (Å²) in [7, 11) is 0. The quantitative estimate of drug-likeness (QED) is 0.159. The van der Waals surface area contributed by atoms with Crippen molar-refractivity contribution in [1.29, 1.82) is 0 Å². The van der Waals surface area contributed by atoms with Crippen molar-refractivity contribution in [3.63, 3.8) is 0 Å². The third-order valence-corrected chi connectivity index (χ3v) is 12.0. The zero-order valence-electron chi connectivity index (χ0n) is 29.5. The van der Waals surface area contributed by atoms with Gasteiger partial charge < -0.3 is 0 Å². The Balaban J connectivity index is 1.24. The Bertz CT molecular complexity index is 3310. The van der Waals surface area contributed by atoms with Gasteiger partial charge in [-0.2, -0.15) is 0 Å². The van der Waals surface area contributed by atoms with Crippen LogP contribution in [-0.2, 0) is 0 Å². The Morgan fingerprint density at radius 3 is 0.889 bits per heavy atom. The van der Waals surface area contributed by atoms with Gasteiger partial charge in [0.15, 0.2) is 0 Å². The van der Waals surface area contributed by atoms with Gasteiger partial charge >= 0.3 is 0 Å². The van der Waals surface area contributed by atoms with E-state index in [-0.39, 0.29) is 0 Å². The number of fused-ring (bicyclic) bond motifs is 17. The molecule has 0 saturated heterocycles. The second-order valence-corrected chi connectivity index (χ2v) is 14.7. The summed E-state index contributed by atoms with van der Waals surface area (Å²) in [5, 5.41) is 23.2. The van der Waals surface area contributed by atoms with Crippen LogP contribution in [0.1, 0.15) is 0 Å². The van der Waals surface area contributed by atoms with Crippen LogP contribution in [0.4, 0.5) is 0 Å². The molecular weight excluding hydrogens is 649 g/mol. The van der Waals surface area contributed by atoms with Crippen LogP contribution in [0, 0.1) is 0 Å². The van der Waals surface area contributed by atoms with E-state index < -0.39 is 0 Å². The first-order chi connectivity index (χ1) is 26.8. The minimum atomic E-state index is 1.24. The molecule has 0 aliphatic heterocycles. The van der Waals surface area contributed by atoms with E-state index in [4.69, 9.17) is 0 Å². The lowest BCUT2D eigenvalue weighted by atomic mass is 9.84. The predicted octanol–water partition coefficient (Wildman–Crippen LogP) is 15.4. The van der Waals surface area contributed by atoms with E-state index in [9.17, 15) is 0 Å². The first-order valence-electron chi connectivity index (χ1n) is 18.8. The lowest BCUT2D eigenvalue weighted by Crippen LogP contribution is -1.91. The smallest absolute Gasteiger partial charge is 0.00137 e. The first-order valence-corrected chi connectivity index (χ1v) is 18.8. The zero-order valence-corrected chi connectivity index (χ0v) is 29.5. The minimum absolute atomic E-state index is 1.24. The maximum Gasteiger partial charge on any atom is -0.00137 e. The highest BCUT2D eigenvalue weighted by atomic mass is 14.2. The normalized spacial score (nSPS) is 12.1. The molecule has 0 nitrogen and oxygen atoms in total. The van der Waals surface area contributed by atoms with Gasteiger partial charge in [-0.3, -0.25) is 0 Å². The van der Waals surface area contributed by atoms with Crippen LogP contribution >= 0.6 is 0 Å². The number of hydrogen-bond acceptors (Lipinski definition) is 0. The summed E-state index contributed by atoms with van der Waals surface area (Å²) in [6, 6.07) is 72.5. The molecule has 0 bridgehead atoms. The summed E-state index contributed by atoms with van der Waals surface area (Å²) < 4.78 is 0. The van der Waals surface area contributed by atoms with Crippen molar-refractivity contribution < 1.29 is 0 Å². The Kier molecular flexibility index (Phi) is 6.15. The van der Waals surface area contributed by atoms with Crippen LogP contribution in [0.2, 0.25) is 0 Å². The van der Waals surface area contributed by atoms with Gasteiger partial charge in [0.2, 0.25) is 0 Å². The zero-order chi connectivity index (χ0) is 35.3. The largest absolute Gasteiger partial charge is 0.0616 e. The third-order valence-electron chi connectivity index (χ3n) is 12.0. The van der Waals surface area contributed by atoms with E-state index in [1.807, 2.05) is 0 Å². The molecule has 54 heavy (non-hydrogen) atoms.